The van der Waals surface area contributed by atoms with Crippen LogP contribution in [0.4, 0.5) is 0 Å². The molecule has 146 valence electrons. The van der Waals surface area contributed by atoms with Gasteiger partial charge in [0.15, 0.2) is 0 Å². The first-order chi connectivity index (χ1) is 13.2. The van der Waals surface area contributed by atoms with Gasteiger partial charge in [-0.2, -0.15) is 0 Å². The zero-order chi connectivity index (χ0) is 20.6. The number of hydrogen-bond acceptors (Lipinski definition) is 4. The number of benzene rings is 2. The van der Waals surface area contributed by atoms with E-state index in [1.54, 1.807) is 45.0 Å². The molecule has 0 radical (unpaired) electrons. The van der Waals surface area contributed by atoms with Crippen molar-refractivity contribution in [2.75, 3.05) is 0 Å². The summed E-state index contributed by atoms with van der Waals surface area (Å²) in [5.74, 6) is -0.821. The first-order valence-corrected chi connectivity index (χ1v) is 9.46. The number of esters is 1. The molecule has 0 saturated carbocycles. The summed E-state index contributed by atoms with van der Waals surface area (Å²) >= 11 is 12.0. The number of fused-ring (bicyclic) bond motifs is 1. The van der Waals surface area contributed by atoms with Crippen LogP contribution in [0.2, 0.25) is 10.0 Å². The van der Waals surface area contributed by atoms with E-state index >= 15 is 0 Å². The molecule has 1 heterocycles. The maximum absolute atomic E-state index is 13.2. The lowest BCUT2D eigenvalue weighted by Crippen LogP contribution is -2.16. The fourth-order valence-corrected chi connectivity index (χ4v) is 3.43. The molecule has 0 aliphatic heterocycles. The molecular weight excluding hydrogens is 401 g/mol. The van der Waals surface area contributed by atoms with Gasteiger partial charge in [-0.05, 0) is 62.7 Å². The van der Waals surface area contributed by atoms with Crippen LogP contribution in [0.5, 0.6) is 5.75 Å². The van der Waals surface area contributed by atoms with E-state index < -0.39 is 5.97 Å². The molecule has 3 aromatic rings. The van der Waals surface area contributed by atoms with Crippen LogP contribution in [0, 0.1) is 6.92 Å². The largest absolute Gasteiger partial charge is 0.506 e. The minimum atomic E-state index is -0.412. The highest BCUT2D eigenvalue weighted by molar-refractivity contribution is 6.33. The number of rotatable bonds is 4. The number of phenols is 1. The van der Waals surface area contributed by atoms with Crippen molar-refractivity contribution in [2.24, 2.45) is 0 Å². The Kier molecular flexibility index (Phi) is 5.68. The Morgan fingerprint density at radius 1 is 1.14 bits per heavy atom. The van der Waals surface area contributed by atoms with Crippen LogP contribution >= 0.6 is 23.2 Å². The van der Waals surface area contributed by atoms with Gasteiger partial charge in [0, 0.05) is 21.7 Å². The number of halogens is 2. The van der Waals surface area contributed by atoms with E-state index in [-0.39, 0.29) is 29.2 Å². The minimum Gasteiger partial charge on any atom is -0.506 e. The minimum absolute atomic E-state index is 0.0253. The number of phenolic OH excluding ortho intramolecular Hbond substituents is 1. The molecule has 0 aliphatic rings. The Bertz CT molecular complexity index is 1070. The highest BCUT2D eigenvalue weighted by Crippen LogP contribution is 2.35. The zero-order valence-corrected chi connectivity index (χ0v) is 17.1. The second-order valence-electron chi connectivity index (χ2n) is 6.75. The Hall–Kier alpha value is -2.50. The van der Waals surface area contributed by atoms with Crippen molar-refractivity contribution in [3.05, 3.63) is 63.3 Å². The molecule has 1 N–H and O–H groups in total. The van der Waals surface area contributed by atoms with E-state index in [9.17, 15) is 14.7 Å². The Morgan fingerprint density at radius 2 is 1.79 bits per heavy atom. The van der Waals surface area contributed by atoms with Crippen molar-refractivity contribution in [3.8, 4) is 5.75 Å². The van der Waals surface area contributed by atoms with Crippen LogP contribution in [0.15, 0.2) is 36.4 Å². The maximum Gasteiger partial charge on any atom is 0.310 e. The van der Waals surface area contributed by atoms with E-state index in [4.69, 9.17) is 27.9 Å². The monoisotopic (exact) mass is 419 g/mol. The maximum atomic E-state index is 13.2. The molecule has 0 aliphatic carbocycles. The number of carbonyl (C=O) groups excluding carboxylic acids is 2. The molecule has 0 atom stereocenters. The van der Waals surface area contributed by atoms with Crippen LogP contribution in [-0.2, 0) is 16.0 Å². The van der Waals surface area contributed by atoms with Crippen LogP contribution in [0.3, 0.4) is 0 Å². The fraction of sp³-hybridized carbons (Fsp3) is 0.238. The lowest BCUT2D eigenvalue weighted by molar-refractivity contribution is -0.146. The number of nitrogens with zero attached hydrogens (tertiary/aromatic N) is 1. The number of hydrogen-bond donors (Lipinski definition) is 1. The molecule has 0 unspecified atom stereocenters. The van der Waals surface area contributed by atoms with Gasteiger partial charge < -0.3 is 9.84 Å². The Labute approximate surface area is 172 Å². The summed E-state index contributed by atoms with van der Waals surface area (Å²) in [5, 5.41) is 11.3. The molecule has 0 bridgehead atoms. The predicted molar refractivity (Wildman–Crippen MR) is 109 cm³/mol. The van der Waals surface area contributed by atoms with Gasteiger partial charge in [0.2, 0.25) is 0 Å². The fourth-order valence-electron chi connectivity index (χ4n) is 3.14. The molecule has 2 aromatic carbocycles. The molecule has 0 saturated heterocycles. The summed E-state index contributed by atoms with van der Waals surface area (Å²) in [6, 6.07) is 9.51. The van der Waals surface area contributed by atoms with Crippen LogP contribution in [0.25, 0.3) is 10.9 Å². The normalized spacial score (nSPS) is 11.2. The number of aromatic nitrogens is 1. The average Bonchev–Trinajstić information content (AvgIpc) is 2.86. The molecule has 5 nitrogen and oxygen atoms in total. The van der Waals surface area contributed by atoms with Crippen molar-refractivity contribution >= 4 is 46.0 Å². The lowest BCUT2D eigenvalue weighted by atomic mass is 10.1. The molecule has 28 heavy (non-hydrogen) atoms. The van der Waals surface area contributed by atoms with E-state index in [0.29, 0.717) is 32.7 Å². The number of ether oxygens (including phenoxy) is 1. The van der Waals surface area contributed by atoms with Gasteiger partial charge in [0.05, 0.1) is 23.1 Å². The molecule has 0 amide bonds. The molecule has 0 fully saturated rings. The molecule has 0 spiro atoms. The van der Waals surface area contributed by atoms with E-state index in [0.717, 1.165) is 0 Å². The first kappa shape index (κ1) is 20.2. The van der Waals surface area contributed by atoms with E-state index in [1.807, 2.05) is 0 Å². The molecule has 1 aromatic heterocycles. The van der Waals surface area contributed by atoms with E-state index in [2.05, 4.69) is 0 Å². The van der Waals surface area contributed by atoms with Crippen LogP contribution in [-0.4, -0.2) is 27.7 Å². The smallest absolute Gasteiger partial charge is 0.310 e. The molecule has 7 heteroatoms. The topological polar surface area (TPSA) is 68.5 Å². The predicted octanol–water partition coefficient (Wildman–Crippen LogP) is 5.14. The third-order valence-corrected chi connectivity index (χ3v) is 4.94. The standard InChI is InChI=1S/C21H19Cl2NO4/c1-11(2)28-20(26)9-15-12(3)24(18-10-17(23)19(25)8-16(15)18)21(27)13-4-6-14(22)7-5-13/h4-8,10-11,25H,9H2,1-3H3. The Balaban J connectivity index is 2.18. The van der Waals surface area contributed by atoms with Crippen molar-refractivity contribution < 1.29 is 19.4 Å². The Morgan fingerprint density at radius 3 is 2.39 bits per heavy atom. The molecular formula is C21H19Cl2NO4. The second kappa shape index (κ2) is 7.86. The summed E-state index contributed by atoms with van der Waals surface area (Å²) < 4.78 is 6.73. The number of aromatic hydroxyl groups is 1. The SMILES string of the molecule is Cc1c(CC(=O)OC(C)C)c2cc(O)c(Cl)cc2n1C(=O)c1ccc(Cl)cc1. The van der Waals surface area contributed by atoms with Gasteiger partial charge in [-0.25, -0.2) is 0 Å². The van der Waals surface area contributed by atoms with Gasteiger partial charge >= 0.3 is 5.97 Å². The van der Waals surface area contributed by atoms with Gasteiger partial charge in [-0.15, -0.1) is 0 Å². The highest BCUT2D eigenvalue weighted by Gasteiger charge is 2.23. The summed E-state index contributed by atoms with van der Waals surface area (Å²) in [7, 11) is 0. The van der Waals surface area contributed by atoms with Crippen molar-refractivity contribution in [1.82, 2.24) is 4.57 Å². The number of carbonyl (C=O) groups is 2. The summed E-state index contributed by atoms with van der Waals surface area (Å²) in [5.41, 5.74) is 2.13. The third-order valence-electron chi connectivity index (χ3n) is 4.39. The average molecular weight is 420 g/mol. The molecule has 3 rings (SSSR count). The van der Waals surface area contributed by atoms with Gasteiger partial charge in [-0.1, -0.05) is 23.2 Å². The summed E-state index contributed by atoms with van der Waals surface area (Å²) in [4.78, 5) is 25.4. The lowest BCUT2D eigenvalue weighted by Gasteiger charge is -2.09. The zero-order valence-electron chi connectivity index (χ0n) is 15.6. The van der Waals surface area contributed by atoms with Gasteiger partial charge in [0.25, 0.3) is 5.91 Å². The third kappa shape index (κ3) is 3.86. The first-order valence-electron chi connectivity index (χ1n) is 8.71. The van der Waals surface area contributed by atoms with Crippen LogP contribution in [0.1, 0.15) is 35.5 Å². The quantitative estimate of drug-likeness (QED) is 0.593. The van der Waals surface area contributed by atoms with Crippen molar-refractivity contribution in [2.45, 2.75) is 33.3 Å². The van der Waals surface area contributed by atoms with Crippen molar-refractivity contribution in [1.29, 1.82) is 0 Å². The highest BCUT2D eigenvalue weighted by atomic mass is 35.5. The summed E-state index contributed by atoms with van der Waals surface area (Å²) in [6.45, 7) is 5.28. The van der Waals surface area contributed by atoms with E-state index in [1.165, 1.54) is 16.7 Å². The van der Waals surface area contributed by atoms with Crippen LogP contribution < -0.4 is 0 Å². The van der Waals surface area contributed by atoms with Gasteiger partial charge in [-0.3, -0.25) is 14.2 Å². The van der Waals surface area contributed by atoms with Gasteiger partial charge in [0.1, 0.15) is 5.75 Å². The van der Waals surface area contributed by atoms with Crippen molar-refractivity contribution in [3.63, 3.8) is 0 Å². The summed E-state index contributed by atoms with van der Waals surface area (Å²) in [6.07, 6.45) is -0.276. The second-order valence-corrected chi connectivity index (χ2v) is 7.59.